The van der Waals surface area contributed by atoms with Crippen LogP contribution in [0, 0.1) is 0 Å². The minimum atomic E-state index is 0. The van der Waals surface area contributed by atoms with Crippen molar-refractivity contribution in [2.24, 2.45) is 4.99 Å². The molecule has 1 aromatic carbocycles. The number of aromatic nitrogens is 2. The molecule has 0 radical (unpaired) electrons. The smallest absolute Gasteiger partial charge is 0.226 e. The summed E-state index contributed by atoms with van der Waals surface area (Å²) in [5, 5.41) is 10.1. The number of aliphatic imine (C=N–C) groups is 1. The van der Waals surface area contributed by atoms with Crippen LogP contribution in [0.25, 0.3) is 11.5 Å². The van der Waals surface area contributed by atoms with Crippen LogP contribution in [-0.4, -0.2) is 23.1 Å². The molecule has 8 heteroatoms. The highest BCUT2D eigenvalue weighted by Crippen LogP contribution is 2.17. The van der Waals surface area contributed by atoms with Crippen molar-refractivity contribution in [3.05, 3.63) is 60.3 Å². The van der Waals surface area contributed by atoms with Gasteiger partial charge in [-0.05, 0) is 12.1 Å². The minimum absolute atomic E-state index is 0. The van der Waals surface area contributed by atoms with E-state index in [1.54, 1.807) is 19.4 Å². The summed E-state index contributed by atoms with van der Waals surface area (Å²) < 4.78 is 10.3. The third kappa shape index (κ3) is 4.82. The Morgan fingerprint density at radius 1 is 1.08 bits per heavy atom. The minimum Gasteiger partial charge on any atom is -0.444 e. The fraction of sp³-hybridized carbons (Fsp3) is 0.188. The Balaban J connectivity index is 0.00000208. The van der Waals surface area contributed by atoms with Crippen LogP contribution in [0.3, 0.4) is 0 Å². The quantitative estimate of drug-likeness (QED) is 0.361. The van der Waals surface area contributed by atoms with Crippen molar-refractivity contribution in [1.29, 1.82) is 0 Å². The molecule has 0 saturated heterocycles. The summed E-state index contributed by atoms with van der Waals surface area (Å²) in [6.45, 7) is 1.04. The molecule has 0 bridgehead atoms. The molecule has 24 heavy (non-hydrogen) atoms. The standard InChI is InChI=1S/C16H17N5O2.HI/c1-17-16(18-9-13-7-8-23-21-13)19-10-14-11-22-15(20-14)12-5-3-2-4-6-12;/h2-8,11H,9-10H2,1H3,(H2,17,18,19);1H. The molecule has 2 N–H and O–H groups in total. The second kappa shape index (κ2) is 9.06. The lowest BCUT2D eigenvalue weighted by Gasteiger charge is -2.09. The zero-order chi connectivity index (χ0) is 15.9. The molecule has 0 aliphatic heterocycles. The number of nitrogens with one attached hydrogen (secondary N) is 2. The van der Waals surface area contributed by atoms with E-state index in [-0.39, 0.29) is 24.0 Å². The lowest BCUT2D eigenvalue weighted by molar-refractivity contribution is 0.410. The van der Waals surface area contributed by atoms with Gasteiger partial charge in [-0.25, -0.2) is 4.98 Å². The number of nitrogens with zero attached hydrogens (tertiary/aromatic N) is 3. The lowest BCUT2D eigenvalue weighted by atomic mass is 10.2. The van der Waals surface area contributed by atoms with Gasteiger partial charge < -0.3 is 19.6 Å². The van der Waals surface area contributed by atoms with Gasteiger partial charge in [0.2, 0.25) is 5.89 Å². The average molecular weight is 439 g/mol. The van der Waals surface area contributed by atoms with E-state index in [1.807, 2.05) is 30.3 Å². The van der Waals surface area contributed by atoms with Crippen molar-refractivity contribution in [2.75, 3.05) is 7.05 Å². The summed E-state index contributed by atoms with van der Waals surface area (Å²) in [5.41, 5.74) is 2.56. The fourth-order valence-corrected chi connectivity index (χ4v) is 2.00. The van der Waals surface area contributed by atoms with Crippen molar-refractivity contribution in [3.8, 4) is 11.5 Å². The number of halogens is 1. The van der Waals surface area contributed by atoms with E-state index in [1.165, 1.54) is 6.26 Å². The second-order valence-electron chi connectivity index (χ2n) is 4.78. The number of hydrogen-bond acceptors (Lipinski definition) is 5. The van der Waals surface area contributed by atoms with E-state index >= 15 is 0 Å². The summed E-state index contributed by atoms with van der Waals surface area (Å²) in [7, 11) is 1.70. The molecule has 2 aromatic heterocycles. The highest BCUT2D eigenvalue weighted by Gasteiger charge is 2.07. The Labute approximate surface area is 156 Å². The van der Waals surface area contributed by atoms with E-state index in [9.17, 15) is 0 Å². The van der Waals surface area contributed by atoms with Gasteiger partial charge in [0.05, 0.1) is 18.8 Å². The zero-order valence-electron chi connectivity index (χ0n) is 13.1. The molecule has 0 spiro atoms. The lowest BCUT2D eigenvalue weighted by Crippen LogP contribution is -2.36. The molecule has 0 atom stereocenters. The van der Waals surface area contributed by atoms with E-state index in [0.717, 1.165) is 17.0 Å². The van der Waals surface area contributed by atoms with Crippen molar-refractivity contribution in [3.63, 3.8) is 0 Å². The molecule has 0 amide bonds. The molecule has 126 valence electrons. The van der Waals surface area contributed by atoms with Gasteiger partial charge in [0.25, 0.3) is 0 Å². The topological polar surface area (TPSA) is 88.5 Å². The summed E-state index contributed by atoms with van der Waals surface area (Å²) in [5.74, 6) is 1.25. The van der Waals surface area contributed by atoms with Gasteiger partial charge in [-0.2, -0.15) is 0 Å². The summed E-state index contributed by atoms with van der Waals surface area (Å²) in [4.78, 5) is 8.60. The van der Waals surface area contributed by atoms with Crippen LogP contribution in [0.1, 0.15) is 11.4 Å². The van der Waals surface area contributed by atoms with Crippen molar-refractivity contribution >= 4 is 29.9 Å². The predicted molar refractivity (Wildman–Crippen MR) is 101 cm³/mol. The summed E-state index contributed by atoms with van der Waals surface area (Å²) in [6, 6.07) is 11.6. The van der Waals surface area contributed by atoms with Gasteiger partial charge in [0.1, 0.15) is 18.2 Å². The molecule has 0 aliphatic carbocycles. The molecule has 3 rings (SSSR count). The van der Waals surface area contributed by atoms with Crippen LogP contribution < -0.4 is 10.6 Å². The first-order valence-corrected chi connectivity index (χ1v) is 7.19. The maximum atomic E-state index is 5.50. The molecule has 2 heterocycles. The van der Waals surface area contributed by atoms with Gasteiger partial charge in [-0.3, -0.25) is 4.99 Å². The normalized spacial score (nSPS) is 11.0. The van der Waals surface area contributed by atoms with Crippen LogP contribution in [0.2, 0.25) is 0 Å². The Morgan fingerprint density at radius 3 is 2.50 bits per heavy atom. The largest absolute Gasteiger partial charge is 0.444 e. The SMILES string of the molecule is CN=C(NCc1ccon1)NCc1coc(-c2ccccc2)n1.I. The maximum Gasteiger partial charge on any atom is 0.226 e. The number of guanidine groups is 1. The van der Waals surface area contributed by atoms with Crippen LogP contribution in [0.4, 0.5) is 0 Å². The molecular formula is C16H18IN5O2. The highest BCUT2D eigenvalue weighted by molar-refractivity contribution is 14.0. The van der Waals surface area contributed by atoms with E-state index in [0.29, 0.717) is 24.9 Å². The van der Waals surface area contributed by atoms with Gasteiger partial charge in [-0.15, -0.1) is 24.0 Å². The first-order chi connectivity index (χ1) is 11.3. The van der Waals surface area contributed by atoms with Crippen molar-refractivity contribution in [2.45, 2.75) is 13.1 Å². The van der Waals surface area contributed by atoms with Crippen molar-refractivity contribution < 1.29 is 8.94 Å². The van der Waals surface area contributed by atoms with Gasteiger partial charge in [0.15, 0.2) is 5.96 Å². The molecule has 0 saturated carbocycles. The Morgan fingerprint density at radius 2 is 1.83 bits per heavy atom. The first kappa shape index (κ1) is 18.0. The number of hydrogen-bond donors (Lipinski definition) is 2. The van der Waals surface area contributed by atoms with E-state index < -0.39 is 0 Å². The molecule has 7 nitrogen and oxygen atoms in total. The van der Waals surface area contributed by atoms with Crippen LogP contribution >= 0.6 is 24.0 Å². The maximum absolute atomic E-state index is 5.50. The zero-order valence-corrected chi connectivity index (χ0v) is 15.4. The van der Waals surface area contributed by atoms with Gasteiger partial charge in [0, 0.05) is 18.7 Å². The van der Waals surface area contributed by atoms with Crippen LogP contribution in [0.5, 0.6) is 0 Å². The highest BCUT2D eigenvalue weighted by atomic mass is 127. The number of rotatable bonds is 5. The fourth-order valence-electron chi connectivity index (χ4n) is 2.00. The monoisotopic (exact) mass is 439 g/mol. The number of benzene rings is 1. The van der Waals surface area contributed by atoms with E-state index in [2.05, 4.69) is 25.8 Å². The van der Waals surface area contributed by atoms with Crippen molar-refractivity contribution in [1.82, 2.24) is 20.8 Å². The molecule has 3 aromatic rings. The third-order valence-corrected chi connectivity index (χ3v) is 3.16. The first-order valence-electron chi connectivity index (χ1n) is 7.19. The molecule has 0 aliphatic rings. The van der Waals surface area contributed by atoms with Gasteiger partial charge >= 0.3 is 0 Å². The molecule has 0 unspecified atom stereocenters. The molecule has 0 fully saturated rings. The summed E-state index contributed by atoms with van der Waals surface area (Å²) >= 11 is 0. The van der Waals surface area contributed by atoms with E-state index in [4.69, 9.17) is 8.94 Å². The second-order valence-corrected chi connectivity index (χ2v) is 4.78. The van der Waals surface area contributed by atoms with Crippen LogP contribution in [0.15, 0.2) is 62.9 Å². The average Bonchev–Trinajstić information content (AvgIpc) is 3.27. The molecular weight excluding hydrogens is 421 g/mol. The van der Waals surface area contributed by atoms with Crippen LogP contribution in [-0.2, 0) is 13.1 Å². The Hall–Kier alpha value is -2.36. The Kier molecular flexibility index (Phi) is 6.79. The predicted octanol–water partition coefficient (Wildman–Crippen LogP) is 2.81. The third-order valence-electron chi connectivity index (χ3n) is 3.16. The summed E-state index contributed by atoms with van der Waals surface area (Å²) in [6.07, 6.45) is 3.17. The number of oxazole rings is 1. The Bertz CT molecular complexity index is 756. The van der Waals surface area contributed by atoms with Gasteiger partial charge in [-0.1, -0.05) is 23.4 Å².